The van der Waals surface area contributed by atoms with Crippen molar-refractivity contribution in [3.8, 4) is 0 Å². The largest absolute Gasteiger partial charge is 0.322 e. The molecular formula is C15H31N. The summed E-state index contributed by atoms with van der Waals surface area (Å²) in [5, 5.41) is 0. The van der Waals surface area contributed by atoms with E-state index in [2.05, 4.69) is 48.1 Å². The minimum absolute atomic E-state index is 0.190. The molecule has 0 aliphatic heterocycles. The third-order valence-electron chi connectivity index (χ3n) is 3.92. The summed E-state index contributed by atoms with van der Waals surface area (Å²) in [6.07, 6.45) is 3.54. The molecule has 0 fully saturated rings. The van der Waals surface area contributed by atoms with Gasteiger partial charge >= 0.3 is 0 Å². The Morgan fingerprint density at radius 1 is 1.19 bits per heavy atom. The first-order chi connectivity index (χ1) is 7.18. The first kappa shape index (κ1) is 15.7. The fourth-order valence-electron chi connectivity index (χ4n) is 1.94. The molecule has 0 aromatic carbocycles. The lowest BCUT2D eigenvalue weighted by atomic mass is 9.81. The summed E-state index contributed by atoms with van der Waals surface area (Å²) < 4.78 is 0. The van der Waals surface area contributed by atoms with Crippen LogP contribution in [0.3, 0.4) is 0 Å². The van der Waals surface area contributed by atoms with Crippen molar-refractivity contribution in [3.63, 3.8) is 0 Å². The molecule has 0 saturated carbocycles. The molecule has 2 unspecified atom stereocenters. The van der Waals surface area contributed by atoms with Crippen LogP contribution in [-0.2, 0) is 0 Å². The van der Waals surface area contributed by atoms with E-state index in [0.717, 1.165) is 18.3 Å². The second kappa shape index (κ2) is 6.44. The Hall–Kier alpha value is -0.300. The molecule has 1 heteroatoms. The van der Waals surface area contributed by atoms with E-state index >= 15 is 0 Å². The second-order valence-corrected chi connectivity index (χ2v) is 6.21. The molecule has 0 aliphatic carbocycles. The lowest BCUT2D eigenvalue weighted by Crippen LogP contribution is -2.39. The van der Waals surface area contributed by atoms with Gasteiger partial charge in [-0.2, -0.15) is 0 Å². The van der Waals surface area contributed by atoms with Crippen LogP contribution in [0, 0.1) is 17.8 Å². The third-order valence-corrected chi connectivity index (χ3v) is 3.92. The molecule has 0 aliphatic rings. The van der Waals surface area contributed by atoms with E-state index in [4.69, 9.17) is 5.73 Å². The van der Waals surface area contributed by atoms with Gasteiger partial charge in [0.25, 0.3) is 0 Å². The van der Waals surface area contributed by atoms with Crippen LogP contribution in [0.15, 0.2) is 12.2 Å². The second-order valence-electron chi connectivity index (χ2n) is 6.21. The molecule has 0 heterocycles. The Balaban J connectivity index is 4.05. The molecule has 0 aromatic heterocycles. The zero-order valence-electron chi connectivity index (χ0n) is 12.1. The zero-order chi connectivity index (χ0) is 12.9. The van der Waals surface area contributed by atoms with Crippen LogP contribution in [0.1, 0.15) is 60.8 Å². The van der Waals surface area contributed by atoms with Crippen molar-refractivity contribution in [1.82, 2.24) is 0 Å². The zero-order valence-corrected chi connectivity index (χ0v) is 12.1. The first-order valence-corrected chi connectivity index (χ1v) is 6.66. The highest BCUT2D eigenvalue weighted by molar-refractivity contribution is 5.15. The van der Waals surface area contributed by atoms with Crippen molar-refractivity contribution in [1.29, 1.82) is 0 Å². The fraction of sp³-hybridized carbons (Fsp3) is 0.867. The van der Waals surface area contributed by atoms with Gasteiger partial charge in [-0.15, -0.1) is 0 Å². The van der Waals surface area contributed by atoms with Crippen molar-refractivity contribution in [3.05, 3.63) is 12.2 Å². The highest BCUT2D eigenvalue weighted by atomic mass is 14.7. The Morgan fingerprint density at radius 3 is 2.06 bits per heavy atom. The molecule has 0 rings (SSSR count). The van der Waals surface area contributed by atoms with E-state index in [0.29, 0.717) is 5.92 Å². The SMILES string of the molecule is C=C(C(C)C)C(C)(N)CCCC(C)C(C)C. The van der Waals surface area contributed by atoms with Gasteiger partial charge in [-0.05, 0) is 31.1 Å². The third kappa shape index (κ3) is 5.16. The van der Waals surface area contributed by atoms with Gasteiger partial charge < -0.3 is 5.73 Å². The topological polar surface area (TPSA) is 26.0 Å². The quantitative estimate of drug-likeness (QED) is 0.639. The summed E-state index contributed by atoms with van der Waals surface area (Å²) in [7, 11) is 0. The van der Waals surface area contributed by atoms with Gasteiger partial charge in [0.15, 0.2) is 0 Å². The molecule has 0 amide bonds. The number of rotatable bonds is 7. The van der Waals surface area contributed by atoms with Crippen molar-refractivity contribution in [2.24, 2.45) is 23.5 Å². The Kier molecular flexibility index (Phi) is 6.32. The van der Waals surface area contributed by atoms with Gasteiger partial charge in [-0.25, -0.2) is 0 Å². The number of nitrogens with two attached hydrogens (primary N) is 1. The first-order valence-electron chi connectivity index (χ1n) is 6.66. The molecule has 2 atom stereocenters. The van der Waals surface area contributed by atoms with E-state index in [1.54, 1.807) is 0 Å². The summed E-state index contributed by atoms with van der Waals surface area (Å²) in [5.74, 6) is 2.05. The van der Waals surface area contributed by atoms with Crippen molar-refractivity contribution < 1.29 is 0 Å². The van der Waals surface area contributed by atoms with Gasteiger partial charge in [0, 0.05) is 5.54 Å². The van der Waals surface area contributed by atoms with Crippen LogP contribution in [0.2, 0.25) is 0 Å². The van der Waals surface area contributed by atoms with Crippen LogP contribution in [0.25, 0.3) is 0 Å². The van der Waals surface area contributed by atoms with Gasteiger partial charge in [0.05, 0.1) is 0 Å². The maximum atomic E-state index is 6.32. The standard InChI is InChI=1S/C15H31N/c1-11(2)13(5)9-8-10-15(7,16)14(6)12(3)4/h11-13H,6,8-10,16H2,1-5,7H3. The minimum Gasteiger partial charge on any atom is -0.322 e. The average Bonchev–Trinajstić information content (AvgIpc) is 2.15. The van der Waals surface area contributed by atoms with Crippen LogP contribution in [0.4, 0.5) is 0 Å². The van der Waals surface area contributed by atoms with E-state index < -0.39 is 0 Å². The molecule has 0 aromatic rings. The van der Waals surface area contributed by atoms with E-state index in [9.17, 15) is 0 Å². The fourth-order valence-corrected chi connectivity index (χ4v) is 1.94. The molecule has 96 valence electrons. The van der Waals surface area contributed by atoms with Gasteiger partial charge in [0.1, 0.15) is 0 Å². The molecule has 16 heavy (non-hydrogen) atoms. The van der Waals surface area contributed by atoms with Crippen molar-refractivity contribution in [2.75, 3.05) is 0 Å². The van der Waals surface area contributed by atoms with Crippen LogP contribution in [0.5, 0.6) is 0 Å². The molecule has 1 nitrogen and oxygen atoms in total. The van der Waals surface area contributed by atoms with Gasteiger partial charge in [-0.1, -0.05) is 59.6 Å². The predicted molar refractivity (Wildman–Crippen MR) is 74.4 cm³/mol. The summed E-state index contributed by atoms with van der Waals surface area (Å²) in [6.45, 7) is 17.5. The van der Waals surface area contributed by atoms with E-state index in [-0.39, 0.29) is 5.54 Å². The van der Waals surface area contributed by atoms with Gasteiger partial charge in [-0.3, -0.25) is 0 Å². The maximum Gasteiger partial charge on any atom is 0.0340 e. The highest BCUT2D eigenvalue weighted by Gasteiger charge is 2.24. The van der Waals surface area contributed by atoms with Crippen molar-refractivity contribution in [2.45, 2.75) is 66.3 Å². The van der Waals surface area contributed by atoms with Crippen LogP contribution >= 0.6 is 0 Å². The Bertz CT molecular complexity index is 213. The monoisotopic (exact) mass is 225 g/mol. The Morgan fingerprint density at radius 2 is 1.69 bits per heavy atom. The smallest absolute Gasteiger partial charge is 0.0340 e. The lowest BCUT2D eigenvalue weighted by molar-refractivity contribution is 0.352. The van der Waals surface area contributed by atoms with E-state index in [1.165, 1.54) is 18.4 Å². The van der Waals surface area contributed by atoms with Gasteiger partial charge in [0.2, 0.25) is 0 Å². The molecule has 0 saturated heterocycles. The molecular weight excluding hydrogens is 194 g/mol. The molecule has 2 N–H and O–H groups in total. The molecule has 0 spiro atoms. The van der Waals surface area contributed by atoms with Crippen LogP contribution in [-0.4, -0.2) is 5.54 Å². The number of hydrogen-bond acceptors (Lipinski definition) is 1. The highest BCUT2D eigenvalue weighted by Crippen LogP contribution is 2.27. The lowest BCUT2D eigenvalue weighted by Gasteiger charge is -2.30. The number of hydrogen-bond donors (Lipinski definition) is 1. The van der Waals surface area contributed by atoms with Crippen molar-refractivity contribution >= 4 is 0 Å². The summed E-state index contributed by atoms with van der Waals surface area (Å²) in [4.78, 5) is 0. The van der Waals surface area contributed by atoms with Crippen LogP contribution < -0.4 is 5.73 Å². The van der Waals surface area contributed by atoms with E-state index in [1.807, 2.05) is 0 Å². The predicted octanol–water partition coefficient (Wildman–Crippen LogP) is 4.38. The summed E-state index contributed by atoms with van der Waals surface area (Å²) >= 11 is 0. The molecule has 0 radical (unpaired) electrons. The molecule has 0 bridgehead atoms. The Labute approximate surface area is 102 Å². The minimum atomic E-state index is -0.190. The summed E-state index contributed by atoms with van der Waals surface area (Å²) in [6, 6.07) is 0. The maximum absolute atomic E-state index is 6.32. The summed E-state index contributed by atoms with van der Waals surface area (Å²) in [5.41, 5.74) is 7.32. The normalized spacial score (nSPS) is 17.6. The average molecular weight is 225 g/mol.